The van der Waals surface area contributed by atoms with E-state index >= 15 is 0 Å². The Bertz CT molecular complexity index is 1100. The molecule has 0 radical (unpaired) electrons. The summed E-state index contributed by atoms with van der Waals surface area (Å²) in [5.41, 5.74) is 3.67. The standard InChI is InChI=1S/C28H28N2O4/c1-2-17-33-25-15-14-24(23-13-16-26(32)30-28(23)25)34-19-22(31)18-29-27(20-9-5-3-6-10-20)21-11-7-4-8-12-21/h1,3-12,14-15,22,27,29,31H,13,16-19H2,(H,30,32). The molecular formula is C28H28N2O4. The lowest BCUT2D eigenvalue weighted by molar-refractivity contribution is -0.116. The van der Waals surface area contributed by atoms with E-state index in [1.807, 2.05) is 36.4 Å². The number of hydrogen-bond donors (Lipinski definition) is 3. The van der Waals surface area contributed by atoms with Crippen LogP contribution in [0.1, 0.15) is 29.2 Å². The third-order valence-corrected chi connectivity index (χ3v) is 5.66. The average molecular weight is 457 g/mol. The van der Waals surface area contributed by atoms with Gasteiger partial charge in [-0.15, -0.1) is 6.42 Å². The number of amides is 1. The van der Waals surface area contributed by atoms with Crippen molar-refractivity contribution in [3.8, 4) is 23.8 Å². The first-order valence-electron chi connectivity index (χ1n) is 11.3. The SMILES string of the molecule is C#CCOc1ccc(OCC(O)CNC(c2ccccc2)c2ccccc2)c2c1NC(=O)CC2. The highest BCUT2D eigenvalue weighted by molar-refractivity contribution is 5.96. The van der Waals surface area contributed by atoms with Crippen molar-refractivity contribution >= 4 is 11.6 Å². The van der Waals surface area contributed by atoms with E-state index in [1.165, 1.54) is 0 Å². The van der Waals surface area contributed by atoms with Gasteiger partial charge in [-0.05, 0) is 29.7 Å². The van der Waals surface area contributed by atoms with Gasteiger partial charge in [0.25, 0.3) is 0 Å². The van der Waals surface area contributed by atoms with Gasteiger partial charge in [-0.2, -0.15) is 0 Å². The van der Waals surface area contributed by atoms with Gasteiger partial charge in [-0.25, -0.2) is 0 Å². The minimum atomic E-state index is -0.735. The van der Waals surface area contributed by atoms with Crippen molar-refractivity contribution < 1.29 is 19.4 Å². The lowest BCUT2D eigenvalue weighted by Gasteiger charge is -2.24. The number of carbonyl (C=O) groups is 1. The fraction of sp³-hybridized carbons (Fsp3) is 0.250. The molecule has 4 rings (SSSR count). The van der Waals surface area contributed by atoms with E-state index in [-0.39, 0.29) is 25.2 Å². The number of benzene rings is 3. The van der Waals surface area contributed by atoms with Crippen LogP contribution in [0, 0.1) is 12.3 Å². The van der Waals surface area contributed by atoms with Crippen molar-refractivity contribution in [3.63, 3.8) is 0 Å². The summed E-state index contributed by atoms with van der Waals surface area (Å²) in [6.45, 7) is 0.557. The van der Waals surface area contributed by atoms with Gasteiger partial charge in [0.05, 0.1) is 11.7 Å². The van der Waals surface area contributed by atoms with Crippen LogP contribution in [0.4, 0.5) is 5.69 Å². The predicted molar refractivity (Wildman–Crippen MR) is 132 cm³/mol. The zero-order chi connectivity index (χ0) is 23.8. The molecule has 0 saturated carbocycles. The molecule has 34 heavy (non-hydrogen) atoms. The van der Waals surface area contributed by atoms with Crippen LogP contribution in [0.5, 0.6) is 11.5 Å². The molecule has 0 spiro atoms. The van der Waals surface area contributed by atoms with Gasteiger partial charge >= 0.3 is 0 Å². The third-order valence-electron chi connectivity index (χ3n) is 5.66. The minimum absolute atomic E-state index is 0.0485. The van der Waals surface area contributed by atoms with E-state index < -0.39 is 6.10 Å². The van der Waals surface area contributed by atoms with Gasteiger partial charge in [0.1, 0.15) is 30.8 Å². The van der Waals surface area contributed by atoms with Crippen molar-refractivity contribution in [1.82, 2.24) is 5.32 Å². The van der Waals surface area contributed by atoms with Crippen molar-refractivity contribution in [1.29, 1.82) is 0 Å². The molecule has 1 aliphatic heterocycles. The Morgan fingerprint density at radius 3 is 2.24 bits per heavy atom. The number of fused-ring (bicyclic) bond motifs is 1. The monoisotopic (exact) mass is 456 g/mol. The zero-order valence-corrected chi connectivity index (χ0v) is 18.9. The number of carbonyl (C=O) groups excluding carboxylic acids is 1. The first-order valence-corrected chi connectivity index (χ1v) is 11.3. The van der Waals surface area contributed by atoms with Crippen molar-refractivity contribution in [2.24, 2.45) is 0 Å². The average Bonchev–Trinajstić information content (AvgIpc) is 2.87. The Morgan fingerprint density at radius 2 is 1.59 bits per heavy atom. The molecule has 0 aliphatic carbocycles. The molecule has 1 heterocycles. The maximum absolute atomic E-state index is 11.9. The lowest BCUT2D eigenvalue weighted by Crippen LogP contribution is -2.34. The number of terminal acetylenes is 1. The van der Waals surface area contributed by atoms with Gasteiger partial charge < -0.3 is 25.2 Å². The van der Waals surface area contributed by atoms with E-state index in [0.717, 1.165) is 16.7 Å². The predicted octanol–water partition coefficient (Wildman–Crippen LogP) is 3.70. The van der Waals surface area contributed by atoms with Crippen LogP contribution in [0.25, 0.3) is 0 Å². The van der Waals surface area contributed by atoms with Crippen LogP contribution in [-0.2, 0) is 11.2 Å². The fourth-order valence-electron chi connectivity index (χ4n) is 4.03. The second-order valence-electron chi connectivity index (χ2n) is 8.08. The Balaban J connectivity index is 1.41. The zero-order valence-electron chi connectivity index (χ0n) is 18.9. The quantitative estimate of drug-likeness (QED) is 0.406. The van der Waals surface area contributed by atoms with Gasteiger partial charge in [0.2, 0.25) is 5.91 Å². The molecule has 0 saturated heterocycles. The van der Waals surface area contributed by atoms with Crippen molar-refractivity contribution in [2.75, 3.05) is 25.1 Å². The Kier molecular flexibility index (Phi) is 7.82. The van der Waals surface area contributed by atoms with E-state index in [2.05, 4.69) is 40.8 Å². The van der Waals surface area contributed by atoms with E-state index in [0.29, 0.717) is 36.6 Å². The molecule has 3 aromatic rings. The summed E-state index contributed by atoms with van der Waals surface area (Å²) in [6, 6.07) is 23.7. The topological polar surface area (TPSA) is 79.8 Å². The molecule has 1 aliphatic rings. The van der Waals surface area contributed by atoms with Crippen LogP contribution < -0.4 is 20.1 Å². The summed E-state index contributed by atoms with van der Waals surface area (Å²) in [7, 11) is 0. The highest BCUT2D eigenvalue weighted by atomic mass is 16.5. The molecule has 0 aromatic heterocycles. The summed E-state index contributed by atoms with van der Waals surface area (Å²) in [6.07, 6.45) is 5.45. The van der Waals surface area contributed by atoms with Crippen LogP contribution in [0.3, 0.4) is 0 Å². The molecule has 1 atom stereocenters. The van der Waals surface area contributed by atoms with E-state index in [1.54, 1.807) is 12.1 Å². The van der Waals surface area contributed by atoms with Gasteiger partial charge in [0, 0.05) is 18.5 Å². The Morgan fingerprint density at radius 1 is 0.941 bits per heavy atom. The maximum atomic E-state index is 11.9. The minimum Gasteiger partial charge on any atom is -0.490 e. The lowest BCUT2D eigenvalue weighted by atomic mass is 9.98. The summed E-state index contributed by atoms with van der Waals surface area (Å²) < 4.78 is 11.5. The molecule has 174 valence electrons. The molecule has 1 amide bonds. The first-order chi connectivity index (χ1) is 16.7. The van der Waals surface area contributed by atoms with Gasteiger partial charge in [0.15, 0.2) is 0 Å². The fourth-order valence-corrected chi connectivity index (χ4v) is 4.03. The summed E-state index contributed by atoms with van der Waals surface area (Å²) in [4.78, 5) is 11.9. The number of aliphatic hydroxyl groups excluding tert-OH is 1. The highest BCUT2D eigenvalue weighted by Crippen LogP contribution is 2.39. The molecule has 1 unspecified atom stereocenters. The molecule has 0 fully saturated rings. The number of anilines is 1. The number of ether oxygens (including phenoxy) is 2. The number of rotatable bonds is 10. The summed E-state index contributed by atoms with van der Waals surface area (Å²) in [5.74, 6) is 3.49. The Labute approximate surface area is 199 Å². The van der Waals surface area contributed by atoms with Crippen molar-refractivity contribution in [3.05, 3.63) is 89.5 Å². The van der Waals surface area contributed by atoms with Crippen molar-refractivity contribution in [2.45, 2.75) is 25.0 Å². The van der Waals surface area contributed by atoms with Gasteiger partial charge in [-0.1, -0.05) is 66.6 Å². The molecule has 6 nitrogen and oxygen atoms in total. The van der Waals surface area contributed by atoms with E-state index in [9.17, 15) is 9.90 Å². The molecule has 6 heteroatoms. The smallest absolute Gasteiger partial charge is 0.224 e. The van der Waals surface area contributed by atoms with Crippen LogP contribution >= 0.6 is 0 Å². The summed E-state index contributed by atoms with van der Waals surface area (Å²) in [5, 5.41) is 17.0. The molecule has 3 aromatic carbocycles. The van der Waals surface area contributed by atoms with E-state index in [4.69, 9.17) is 15.9 Å². The Hall–Kier alpha value is -3.79. The van der Waals surface area contributed by atoms with Crippen LogP contribution in [0.2, 0.25) is 0 Å². The maximum Gasteiger partial charge on any atom is 0.224 e. The third kappa shape index (κ3) is 5.76. The van der Waals surface area contributed by atoms with Crippen LogP contribution in [-0.4, -0.2) is 36.9 Å². The highest BCUT2D eigenvalue weighted by Gasteiger charge is 2.23. The second kappa shape index (κ2) is 11.4. The first kappa shape index (κ1) is 23.4. The molecule has 0 bridgehead atoms. The largest absolute Gasteiger partial charge is 0.490 e. The van der Waals surface area contributed by atoms with Gasteiger partial charge in [-0.3, -0.25) is 4.79 Å². The normalized spacial score (nSPS) is 13.5. The van der Waals surface area contributed by atoms with Crippen LogP contribution in [0.15, 0.2) is 72.8 Å². The number of hydrogen-bond acceptors (Lipinski definition) is 5. The number of nitrogens with one attached hydrogen (secondary N) is 2. The number of aliphatic hydroxyl groups is 1. The second-order valence-corrected chi connectivity index (χ2v) is 8.08. The summed E-state index contributed by atoms with van der Waals surface area (Å²) >= 11 is 0. The molecule has 3 N–H and O–H groups in total. The molecular weight excluding hydrogens is 428 g/mol.